The smallest absolute Gasteiger partial charge is 0.262 e. The van der Waals surface area contributed by atoms with Gasteiger partial charge in [0.1, 0.15) is 4.83 Å². The first-order valence-corrected chi connectivity index (χ1v) is 9.51. The maximum atomic E-state index is 12.6. The van der Waals surface area contributed by atoms with E-state index in [0.29, 0.717) is 15.8 Å². The Balaban J connectivity index is 1.78. The van der Waals surface area contributed by atoms with Gasteiger partial charge in [0.15, 0.2) is 5.82 Å². The first-order valence-electron chi connectivity index (χ1n) is 8.31. The number of hydrogen-bond acceptors (Lipinski definition) is 6. The largest absolute Gasteiger partial charge is 0.868 e. The zero-order chi connectivity index (χ0) is 19.1. The number of benzene rings is 1. The topological polar surface area (TPSA) is 112 Å². The van der Waals surface area contributed by atoms with E-state index in [2.05, 4.69) is 9.97 Å². The molecular formula is C18H13ClN3O4S-. The number of hydrogen-bond donors (Lipinski definition) is 1. The molecule has 0 fully saturated rings. The van der Waals surface area contributed by atoms with Crippen LogP contribution in [0.2, 0.25) is 0 Å². The second-order valence-electron chi connectivity index (χ2n) is 6.28. The Hall–Kier alpha value is -2.71. The third-order valence-corrected chi connectivity index (χ3v) is 6.00. The van der Waals surface area contributed by atoms with Crippen molar-refractivity contribution in [1.82, 2.24) is 9.97 Å². The number of aryl methyl sites for hydroxylation is 2. The van der Waals surface area contributed by atoms with E-state index in [-0.39, 0.29) is 16.4 Å². The summed E-state index contributed by atoms with van der Waals surface area (Å²) in [6.07, 6.45) is 5.45. The van der Waals surface area contributed by atoms with E-state index in [4.69, 9.17) is 11.6 Å². The number of nitrogens with one attached hydrogen (secondary N) is 1. The maximum Gasteiger partial charge on any atom is 0.262 e. The van der Waals surface area contributed by atoms with Crippen molar-refractivity contribution in [2.75, 3.05) is 0 Å². The summed E-state index contributed by atoms with van der Waals surface area (Å²) in [4.78, 5) is 31.8. The molecule has 1 aliphatic rings. The number of halogens is 1. The van der Waals surface area contributed by atoms with Crippen molar-refractivity contribution < 1.29 is 10.0 Å². The van der Waals surface area contributed by atoms with Crippen molar-refractivity contribution in [3.63, 3.8) is 0 Å². The summed E-state index contributed by atoms with van der Waals surface area (Å²) in [5.74, 6) is -0.480. The van der Waals surface area contributed by atoms with Gasteiger partial charge in [-0.2, -0.15) is 0 Å². The normalized spacial score (nSPS) is 14.3. The quantitative estimate of drug-likeness (QED) is 0.531. The van der Waals surface area contributed by atoms with Gasteiger partial charge < -0.3 is 10.1 Å². The number of rotatable bonds is 3. The van der Waals surface area contributed by atoms with Crippen molar-refractivity contribution >= 4 is 50.0 Å². The van der Waals surface area contributed by atoms with Crippen LogP contribution < -0.4 is 10.7 Å². The molecule has 27 heavy (non-hydrogen) atoms. The van der Waals surface area contributed by atoms with Crippen LogP contribution in [0, 0.1) is 10.1 Å². The number of thiophene rings is 1. The molecule has 0 atom stereocenters. The summed E-state index contributed by atoms with van der Waals surface area (Å²) in [5.41, 5.74) is 0.695. The highest BCUT2D eigenvalue weighted by Crippen LogP contribution is 2.34. The third-order valence-electron chi connectivity index (χ3n) is 4.52. The van der Waals surface area contributed by atoms with Crippen LogP contribution in [0.1, 0.15) is 34.7 Å². The molecule has 4 rings (SSSR count). The standard InChI is InChI=1S/C18H14ClN3O4S/c19-11(7-9-5-6-13(23)12(8-9)22(25)26)16-20-17(24)15-10-3-1-2-4-14(10)27-18(15)21-16/h5-8,23H,1-4H2,(H,20,21,24)/p-1/b11-7-. The molecule has 2 heterocycles. The van der Waals surface area contributed by atoms with Crippen LogP contribution in [-0.4, -0.2) is 14.9 Å². The van der Waals surface area contributed by atoms with Crippen LogP contribution in [0.5, 0.6) is 5.75 Å². The molecule has 1 aliphatic carbocycles. The predicted molar refractivity (Wildman–Crippen MR) is 103 cm³/mol. The SMILES string of the molecule is O=c1[nH]c(/C(Cl)=C/c2ccc([O-])c([N+](=O)[O-])c2)nc2sc3c(c12)CCCC3. The zero-order valence-electron chi connectivity index (χ0n) is 14.0. The van der Waals surface area contributed by atoms with Gasteiger partial charge in [-0.25, -0.2) is 4.98 Å². The predicted octanol–water partition coefficient (Wildman–Crippen LogP) is 3.58. The Morgan fingerprint density at radius 2 is 2.11 bits per heavy atom. The first kappa shape index (κ1) is 17.7. The van der Waals surface area contributed by atoms with Crippen LogP contribution in [0.25, 0.3) is 21.3 Å². The maximum absolute atomic E-state index is 12.6. The number of nitrogens with zero attached hydrogens (tertiary/aromatic N) is 2. The highest BCUT2D eigenvalue weighted by Gasteiger charge is 2.20. The molecule has 0 amide bonds. The Morgan fingerprint density at radius 1 is 1.33 bits per heavy atom. The number of nitro groups is 1. The van der Waals surface area contributed by atoms with Crippen molar-refractivity contribution in [3.05, 3.63) is 60.5 Å². The van der Waals surface area contributed by atoms with E-state index in [1.807, 2.05) is 0 Å². The van der Waals surface area contributed by atoms with Gasteiger partial charge in [-0.15, -0.1) is 11.3 Å². The summed E-state index contributed by atoms with van der Waals surface area (Å²) < 4.78 is 0. The molecule has 1 aromatic carbocycles. The van der Waals surface area contributed by atoms with E-state index < -0.39 is 16.4 Å². The molecule has 7 nitrogen and oxygen atoms in total. The zero-order valence-corrected chi connectivity index (χ0v) is 15.5. The number of nitro benzene ring substituents is 1. The van der Waals surface area contributed by atoms with Crippen molar-refractivity contribution in [2.24, 2.45) is 0 Å². The van der Waals surface area contributed by atoms with E-state index >= 15 is 0 Å². The molecule has 0 saturated heterocycles. The summed E-state index contributed by atoms with van der Waals surface area (Å²) in [6.45, 7) is 0. The van der Waals surface area contributed by atoms with E-state index in [0.717, 1.165) is 43.4 Å². The van der Waals surface area contributed by atoms with Crippen LogP contribution in [0.4, 0.5) is 5.69 Å². The van der Waals surface area contributed by atoms with Crippen LogP contribution >= 0.6 is 22.9 Å². The van der Waals surface area contributed by atoms with Gasteiger partial charge in [-0.3, -0.25) is 14.9 Å². The molecule has 2 aromatic heterocycles. The summed E-state index contributed by atoms with van der Waals surface area (Å²) in [6, 6.07) is 3.68. The Morgan fingerprint density at radius 3 is 2.89 bits per heavy atom. The minimum atomic E-state index is -0.740. The molecule has 0 unspecified atom stereocenters. The average molecular weight is 403 g/mol. The van der Waals surface area contributed by atoms with Gasteiger partial charge in [-0.05, 0) is 48.6 Å². The molecule has 138 valence electrons. The lowest BCUT2D eigenvalue weighted by Gasteiger charge is -2.09. The van der Waals surface area contributed by atoms with Gasteiger partial charge in [0.05, 0.1) is 15.3 Å². The second-order valence-corrected chi connectivity index (χ2v) is 7.77. The Bertz CT molecular complexity index is 1170. The van der Waals surface area contributed by atoms with Gasteiger partial charge in [0.25, 0.3) is 11.2 Å². The second kappa shape index (κ2) is 6.79. The molecule has 9 heteroatoms. The summed E-state index contributed by atoms with van der Waals surface area (Å²) in [5, 5.41) is 23.2. The van der Waals surface area contributed by atoms with Gasteiger partial charge in [0.2, 0.25) is 0 Å². The van der Waals surface area contributed by atoms with Crippen molar-refractivity contribution in [2.45, 2.75) is 25.7 Å². The van der Waals surface area contributed by atoms with Gasteiger partial charge in [-0.1, -0.05) is 23.7 Å². The molecule has 0 aliphatic heterocycles. The number of aromatic nitrogens is 2. The van der Waals surface area contributed by atoms with Crippen LogP contribution in [-0.2, 0) is 12.8 Å². The van der Waals surface area contributed by atoms with Crippen LogP contribution in [0.3, 0.4) is 0 Å². The fourth-order valence-electron chi connectivity index (χ4n) is 3.26. The number of aromatic amines is 1. The van der Waals surface area contributed by atoms with Crippen molar-refractivity contribution in [3.8, 4) is 5.75 Å². The average Bonchev–Trinajstić information content (AvgIpc) is 3.02. The van der Waals surface area contributed by atoms with E-state index in [1.54, 1.807) is 0 Å². The van der Waals surface area contributed by atoms with Gasteiger partial charge >= 0.3 is 0 Å². The molecule has 3 aromatic rings. The van der Waals surface area contributed by atoms with E-state index in [9.17, 15) is 20.0 Å². The lowest BCUT2D eigenvalue weighted by molar-refractivity contribution is -0.398. The Labute approximate surface area is 162 Å². The number of fused-ring (bicyclic) bond motifs is 3. The lowest BCUT2D eigenvalue weighted by atomic mass is 9.97. The highest BCUT2D eigenvalue weighted by atomic mass is 35.5. The highest BCUT2D eigenvalue weighted by molar-refractivity contribution is 7.18. The lowest BCUT2D eigenvalue weighted by Crippen LogP contribution is -2.12. The fourth-order valence-corrected chi connectivity index (χ4v) is 4.74. The third kappa shape index (κ3) is 3.22. The minimum Gasteiger partial charge on any atom is -0.868 e. The number of H-pyrrole nitrogens is 1. The molecule has 0 bridgehead atoms. The van der Waals surface area contributed by atoms with E-state index in [1.165, 1.54) is 28.4 Å². The first-order chi connectivity index (χ1) is 12.9. The molecule has 0 radical (unpaired) electrons. The summed E-state index contributed by atoms with van der Waals surface area (Å²) in [7, 11) is 0. The van der Waals surface area contributed by atoms with Crippen LogP contribution in [0.15, 0.2) is 23.0 Å². The molecule has 1 N–H and O–H groups in total. The molecule has 0 spiro atoms. The minimum absolute atomic E-state index is 0.133. The fraction of sp³-hybridized carbons (Fsp3) is 0.222. The molecule has 0 saturated carbocycles. The van der Waals surface area contributed by atoms with Crippen molar-refractivity contribution in [1.29, 1.82) is 0 Å². The molecular weight excluding hydrogens is 390 g/mol. The Kier molecular flexibility index (Phi) is 4.45. The monoisotopic (exact) mass is 402 g/mol. The van der Waals surface area contributed by atoms with Gasteiger partial charge in [0, 0.05) is 10.9 Å². The summed E-state index contributed by atoms with van der Waals surface area (Å²) >= 11 is 7.81.